The van der Waals surface area contributed by atoms with Gasteiger partial charge in [0, 0.05) is 12.4 Å². The summed E-state index contributed by atoms with van der Waals surface area (Å²) in [5.41, 5.74) is 2.34. The summed E-state index contributed by atoms with van der Waals surface area (Å²) in [5.74, 6) is 0. The molecule has 23 heavy (non-hydrogen) atoms. The van der Waals surface area contributed by atoms with Gasteiger partial charge in [0.15, 0.2) is 0 Å². The Morgan fingerprint density at radius 1 is 0.783 bits per heavy atom. The van der Waals surface area contributed by atoms with E-state index in [4.69, 9.17) is 0 Å². The Morgan fingerprint density at radius 3 is 2.35 bits per heavy atom. The lowest BCUT2D eigenvalue weighted by Crippen LogP contribution is -2.22. The maximum atomic E-state index is 12.8. The predicted molar refractivity (Wildman–Crippen MR) is 88.4 cm³/mol. The molecule has 0 aliphatic heterocycles. The van der Waals surface area contributed by atoms with Crippen LogP contribution in [0.2, 0.25) is 0 Å². The van der Waals surface area contributed by atoms with Crippen LogP contribution in [-0.4, -0.2) is 19.7 Å². The minimum Gasteiger partial charge on any atom is -0.267 e. The molecule has 0 radical (unpaired) electrons. The average molecular weight is 300 g/mol. The minimum absolute atomic E-state index is 0.195. The van der Waals surface area contributed by atoms with Crippen LogP contribution in [0.5, 0.6) is 0 Å². The highest BCUT2D eigenvalue weighted by Gasteiger charge is 2.14. The highest BCUT2D eigenvalue weighted by molar-refractivity contribution is 5.89. The summed E-state index contributed by atoms with van der Waals surface area (Å²) in [4.78, 5) is 21.4. The Kier molecular flexibility index (Phi) is 3.16. The fourth-order valence-electron chi connectivity index (χ4n) is 2.49. The lowest BCUT2D eigenvalue weighted by Gasteiger charge is -2.09. The van der Waals surface area contributed by atoms with Crippen molar-refractivity contribution in [2.75, 3.05) is 0 Å². The normalized spacial score (nSPS) is 10.8. The van der Waals surface area contributed by atoms with Crippen LogP contribution in [0, 0.1) is 0 Å². The molecule has 0 spiro atoms. The molecule has 5 heteroatoms. The lowest BCUT2D eigenvalue weighted by atomic mass is 10.2. The van der Waals surface area contributed by atoms with E-state index in [0.29, 0.717) is 28.0 Å². The zero-order valence-electron chi connectivity index (χ0n) is 12.1. The van der Waals surface area contributed by atoms with Crippen LogP contribution in [-0.2, 0) is 0 Å². The number of aromatic nitrogens is 4. The fourth-order valence-corrected chi connectivity index (χ4v) is 2.49. The van der Waals surface area contributed by atoms with Crippen LogP contribution in [0.25, 0.3) is 28.0 Å². The van der Waals surface area contributed by atoms with E-state index < -0.39 is 0 Å². The lowest BCUT2D eigenvalue weighted by molar-refractivity contribution is 0.822. The van der Waals surface area contributed by atoms with Crippen LogP contribution >= 0.6 is 0 Å². The molecule has 3 aromatic heterocycles. The number of hydrogen-bond acceptors (Lipinski definition) is 4. The van der Waals surface area contributed by atoms with Gasteiger partial charge in [0.25, 0.3) is 5.56 Å². The molecule has 0 aliphatic rings. The van der Waals surface area contributed by atoms with Crippen molar-refractivity contribution in [3.63, 3.8) is 0 Å². The molecule has 1 aromatic carbocycles. The Balaban J connectivity index is 2.11. The summed E-state index contributed by atoms with van der Waals surface area (Å²) in [6, 6.07) is 18.4. The molecule has 110 valence electrons. The molecule has 0 aliphatic carbocycles. The van der Waals surface area contributed by atoms with Crippen molar-refractivity contribution in [1.29, 1.82) is 0 Å². The van der Waals surface area contributed by atoms with Crippen molar-refractivity contribution in [3.8, 4) is 17.1 Å². The molecule has 0 atom stereocenters. The number of fused-ring (bicyclic) bond motifs is 1. The largest absolute Gasteiger partial charge is 0.281 e. The van der Waals surface area contributed by atoms with Gasteiger partial charge in [0.2, 0.25) is 0 Å². The molecule has 0 N–H and O–H groups in total. The number of nitrogens with zero attached hydrogens (tertiary/aromatic N) is 4. The molecule has 0 amide bonds. The minimum atomic E-state index is -0.195. The third kappa shape index (κ3) is 2.28. The van der Waals surface area contributed by atoms with Gasteiger partial charge in [0.1, 0.15) is 11.2 Å². The predicted octanol–water partition coefficient (Wildman–Crippen LogP) is 2.84. The molecule has 3 heterocycles. The molecule has 0 unspecified atom stereocenters. The van der Waals surface area contributed by atoms with Gasteiger partial charge >= 0.3 is 0 Å². The van der Waals surface area contributed by atoms with Crippen LogP contribution in [0.15, 0.2) is 77.9 Å². The van der Waals surface area contributed by atoms with E-state index >= 15 is 0 Å². The number of hydrogen-bond donors (Lipinski definition) is 0. The summed E-state index contributed by atoms with van der Waals surface area (Å²) < 4.78 is 1.40. The Morgan fingerprint density at radius 2 is 1.57 bits per heavy atom. The first-order chi connectivity index (χ1) is 11.3. The van der Waals surface area contributed by atoms with E-state index in [1.807, 2.05) is 48.5 Å². The summed E-state index contributed by atoms with van der Waals surface area (Å²) in [7, 11) is 0. The van der Waals surface area contributed by atoms with E-state index in [-0.39, 0.29) is 5.56 Å². The number of rotatable bonds is 2. The summed E-state index contributed by atoms with van der Waals surface area (Å²) >= 11 is 0. The van der Waals surface area contributed by atoms with E-state index in [0.717, 1.165) is 0 Å². The van der Waals surface area contributed by atoms with Crippen molar-refractivity contribution in [2.24, 2.45) is 0 Å². The molecule has 4 aromatic rings. The summed E-state index contributed by atoms with van der Waals surface area (Å²) in [5, 5.41) is 5.04. The van der Waals surface area contributed by atoms with Crippen molar-refractivity contribution in [2.45, 2.75) is 0 Å². The van der Waals surface area contributed by atoms with Gasteiger partial charge in [-0.15, -0.1) is 0 Å². The monoisotopic (exact) mass is 300 g/mol. The van der Waals surface area contributed by atoms with Gasteiger partial charge in [-0.25, -0.2) is 0 Å². The topological polar surface area (TPSA) is 60.7 Å². The Bertz CT molecular complexity index is 1030. The average Bonchev–Trinajstić information content (AvgIpc) is 2.64. The number of benzene rings is 1. The highest BCUT2D eigenvalue weighted by atomic mass is 16.1. The van der Waals surface area contributed by atoms with Gasteiger partial charge in [0.05, 0.1) is 16.8 Å². The van der Waals surface area contributed by atoms with Gasteiger partial charge in [-0.1, -0.05) is 24.3 Å². The Hall–Kier alpha value is -3.34. The molecule has 5 nitrogen and oxygen atoms in total. The van der Waals surface area contributed by atoms with Crippen LogP contribution in [0.4, 0.5) is 0 Å². The summed E-state index contributed by atoms with van der Waals surface area (Å²) in [6.45, 7) is 0. The molecule has 0 saturated carbocycles. The van der Waals surface area contributed by atoms with E-state index in [1.54, 1.807) is 24.5 Å². The number of pyridine rings is 2. The van der Waals surface area contributed by atoms with E-state index in [1.165, 1.54) is 4.68 Å². The van der Waals surface area contributed by atoms with Gasteiger partial charge < -0.3 is 0 Å². The fraction of sp³-hybridized carbons (Fsp3) is 0. The first-order valence-corrected chi connectivity index (χ1v) is 7.19. The SMILES string of the molecule is O=c1c2cccnc2c(-c2ccccn2)nn1-c1ccccc1. The van der Waals surface area contributed by atoms with Crippen LogP contribution in [0.3, 0.4) is 0 Å². The molecular formula is C18H12N4O. The molecule has 4 rings (SSSR count). The van der Waals surface area contributed by atoms with E-state index in [2.05, 4.69) is 15.1 Å². The first-order valence-electron chi connectivity index (χ1n) is 7.19. The van der Waals surface area contributed by atoms with Gasteiger partial charge in [-0.2, -0.15) is 9.78 Å². The van der Waals surface area contributed by atoms with Crippen LogP contribution in [0.1, 0.15) is 0 Å². The highest BCUT2D eigenvalue weighted by Crippen LogP contribution is 2.21. The second kappa shape index (κ2) is 5.46. The van der Waals surface area contributed by atoms with Crippen molar-refractivity contribution < 1.29 is 0 Å². The maximum absolute atomic E-state index is 12.8. The zero-order valence-corrected chi connectivity index (χ0v) is 12.1. The van der Waals surface area contributed by atoms with Crippen molar-refractivity contribution in [1.82, 2.24) is 19.7 Å². The molecule has 0 fully saturated rings. The quantitative estimate of drug-likeness (QED) is 0.571. The molecule has 0 bridgehead atoms. The number of para-hydroxylation sites is 1. The van der Waals surface area contributed by atoms with Crippen molar-refractivity contribution in [3.05, 3.63) is 83.4 Å². The molecular weight excluding hydrogens is 288 g/mol. The van der Waals surface area contributed by atoms with Crippen LogP contribution < -0.4 is 5.56 Å². The maximum Gasteiger partial charge on any atom is 0.281 e. The first kappa shape index (κ1) is 13.3. The van der Waals surface area contributed by atoms with E-state index in [9.17, 15) is 4.79 Å². The summed E-state index contributed by atoms with van der Waals surface area (Å²) in [6.07, 6.45) is 3.35. The third-order valence-electron chi connectivity index (χ3n) is 3.56. The second-order valence-corrected chi connectivity index (χ2v) is 5.02. The van der Waals surface area contributed by atoms with Gasteiger partial charge in [-0.05, 0) is 36.4 Å². The smallest absolute Gasteiger partial charge is 0.267 e. The molecule has 0 saturated heterocycles. The zero-order chi connectivity index (χ0) is 15.6. The Labute approximate surface area is 131 Å². The second-order valence-electron chi connectivity index (χ2n) is 5.02. The van der Waals surface area contributed by atoms with Gasteiger partial charge in [-0.3, -0.25) is 14.8 Å². The third-order valence-corrected chi connectivity index (χ3v) is 3.56. The van der Waals surface area contributed by atoms with Crippen molar-refractivity contribution >= 4 is 10.9 Å². The standard InChI is InChI=1S/C18H12N4O/c23-18-14-9-6-12-20-16(14)17(15-10-4-5-11-19-15)21-22(18)13-7-2-1-3-8-13/h1-12H.